The number of hydrogen-bond acceptors (Lipinski definition) is 3. The minimum absolute atomic E-state index is 0.279. The molecule has 88 valence electrons. The lowest BCUT2D eigenvalue weighted by Gasteiger charge is -2.09. The van der Waals surface area contributed by atoms with E-state index >= 15 is 0 Å². The summed E-state index contributed by atoms with van der Waals surface area (Å²) in [7, 11) is 1.65. The molecule has 0 bridgehead atoms. The molecule has 0 spiro atoms. The Morgan fingerprint density at radius 2 is 2.12 bits per heavy atom. The third kappa shape index (κ3) is 3.55. The first-order chi connectivity index (χ1) is 7.65. The molecule has 0 saturated heterocycles. The SMILES string of the molecule is COCCCOc1ccc(C(=O)O)cc1C. The fourth-order valence-corrected chi connectivity index (χ4v) is 1.33. The first-order valence-corrected chi connectivity index (χ1v) is 5.11. The molecule has 0 radical (unpaired) electrons. The number of benzene rings is 1. The third-order valence-electron chi connectivity index (χ3n) is 2.17. The van der Waals surface area contributed by atoms with Crippen molar-refractivity contribution >= 4 is 5.97 Å². The van der Waals surface area contributed by atoms with Crippen LogP contribution in [0.15, 0.2) is 18.2 Å². The maximum atomic E-state index is 10.7. The molecular formula is C12H16O4. The molecule has 1 aromatic carbocycles. The Labute approximate surface area is 94.8 Å². The Hall–Kier alpha value is -1.55. The Morgan fingerprint density at radius 1 is 1.38 bits per heavy atom. The lowest BCUT2D eigenvalue weighted by Crippen LogP contribution is -2.03. The lowest BCUT2D eigenvalue weighted by atomic mass is 10.1. The number of aromatic carboxylic acids is 1. The molecule has 1 aromatic rings. The van der Waals surface area contributed by atoms with Gasteiger partial charge in [0, 0.05) is 20.1 Å². The highest BCUT2D eigenvalue weighted by molar-refractivity contribution is 5.88. The number of hydrogen-bond donors (Lipinski definition) is 1. The molecule has 0 unspecified atom stereocenters. The van der Waals surface area contributed by atoms with E-state index in [0.717, 1.165) is 17.7 Å². The molecular weight excluding hydrogens is 208 g/mol. The van der Waals surface area contributed by atoms with E-state index in [-0.39, 0.29) is 5.56 Å². The van der Waals surface area contributed by atoms with Crippen molar-refractivity contribution in [2.24, 2.45) is 0 Å². The van der Waals surface area contributed by atoms with E-state index in [1.807, 2.05) is 6.92 Å². The summed E-state index contributed by atoms with van der Waals surface area (Å²) < 4.78 is 10.4. The van der Waals surface area contributed by atoms with Gasteiger partial charge in [0.25, 0.3) is 0 Å². The van der Waals surface area contributed by atoms with Gasteiger partial charge in [0.2, 0.25) is 0 Å². The number of ether oxygens (including phenoxy) is 2. The molecule has 0 aliphatic carbocycles. The Balaban J connectivity index is 2.57. The van der Waals surface area contributed by atoms with Gasteiger partial charge in [-0.05, 0) is 30.7 Å². The maximum Gasteiger partial charge on any atom is 0.335 e. The first-order valence-electron chi connectivity index (χ1n) is 5.11. The standard InChI is InChI=1S/C12H16O4/c1-9-8-10(12(13)14)4-5-11(9)16-7-3-6-15-2/h4-5,8H,3,6-7H2,1-2H3,(H,13,14). The van der Waals surface area contributed by atoms with Crippen molar-refractivity contribution in [2.45, 2.75) is 13.3 Å². The molecule has 1 N–H and O–H groups in total. The van der Waals surface area contributed by atoms with Gasteiger partial charge in [-0.15, -0.1) is 0 Å². The normalized spacial score (nSPS) is 10.1. The average molecular weight is 224 g/mol. The van der Waals surface area contributed by atoms with E-state index < -0.39 is 5.97 Å². The van der Waals surface area contributed by atoms with E-state index in [4.69, 9.17) is 14.6 Å². The summed E-state index contributed by atoms with van der Waals surface area (Å²) in [5.74, 6) is -0.199. The fraction of sp³-hybridized carbons (Fsp3) is 0.417. The van der Waals surface area contributed by atoms with Gasteiger partial charge in [-0.3, -0.25) is 0 Å². The van der Waals surface area contributed by atoms with Crippen molar-refractivity contribution < 1.29 is 19.4 Å². The average Bonchev–Trinajstić information content (AvgIpc) is 2.26. The van der Waals surface area contributed by atoms with Crippen LogP contribution in [0.3, 0.4) is 0 Å². The number of carboxylic acid groups (broad SMARTS) is 1. The summed E-state index contributed by atoms with van der Waals surface area (Å²) in [5, 5.41) is 8.79. The number of rotatable bonds is 6. The summed E-state index contributed by atoms with van der Waals surface area (Å²) >= 11 is 0. The van der Waals surface area contributed by atoms with Gasteiger partial charge >= 0.3 is 5.97 Å². The van der Waals surface area contributed by atoms with Crippen molar-refractivity contribution in [3.05, 3.63) is 29.3 Å². The van der Waals surface area contributed by atoms with Gasteiger partial charge in [0.05, 0.1) is 12.2 Å². The van der Waals surface area contributed by atoms with Gasteiger partial charge in [-0.25, -0.2) is 4.79 Å². The van der Waals surface area contributed by atoms with Crippen LogP contribution >= 0.6 is 0 Å². The van der Waals surface area contributed by atoms with Crippen LogP contribution in [0.4, 0.5) is 0 Å². The van der Waals surface area contributed by atoms with E-state index in [9.17, 15) is 4.79 Å². The van der Waals surface area contributed by atoms with Crippen LogP contribution in [0.5, 0.6) is 5.75 Å². The molecule has 4 nitrogen and oxygen atoms in total. The quantitative estimate of drug-likeness (QED) is 0.752. The van der Waals surface area contributed by atoms with E-state index in [1.165, 1.54) is 0 Å². The largest absolute Gasteiger partial charge is 0.493 e. The molecule has 1 rings (SSSR count). The zero-order valence-corrected chi connectivity index (χ0v) is 9.53. The van der Waals surface area contributed by atoms with Crippen LogP contribution in [0.1, 0.15) is 22.3 Å². The molecule has 4 heteroatoms. The van der Waals surface area contributed by atoms with Crippen molar-refractivity contribution in [3.8, 4) is 5.75 Å². The number of aryl methyl sites for hydroxylation is 1. The number of carbonyl (C=O) groups is 1. The molecule has 0 aliphatic heterocycles. The molecule has 0 fully saturated rings. The van der Waals surface area contributed by atoms with Gasteiger partial charge in [0.15, 0.2) is 0 Å². The zero-order chi connectivity index (χ0) is 12.0. The van der Waals surface area contributed by atoms with Crippen molar-refractivity contribution in [1.29, 1.82) is 0 Å². The summed E-state index contributed by atoms with van der Waals surface area (Å²) in [6, 6.07) is 4.83. The van der Waals surface area contributed by atoms with Crippen LogP contribution < -0.4 is 4.74 Å². The lowest BCUT2D eigenvalue weighted by molar-refractivity contribution is 0.0696. The number of methoxy groups -OCH3 is 1. The molecule has 0 heterocycles. The second-order valence-corrected chi connectivity index (χ2v) is 3.48. The van der Waals surface area contributed by atoms with Crippen molar-refractivity contribution in [1.82, 2.24) is 0 Å². The van der Waals surface area contributed by atoms with Gasteiger partial charge in [0.1, 0.15) is 5.75 Å². The highest BCUT2D eigenvalue weighted by atomic mass is 16.5. The molecule has 0 saturated carbocycles. The Morgan fingerprint density at radius 3 is 2.69 bits per heavy atom. The summed E-state index contributed by atoms with van der Waals surface area (Å²) in [5.41, 5.74) is 1.11. The van der Waals surface area contributed by atoms with E-state index in [2.05, 4.69) is 0 Å². The van der Waals surface area contributed by atoms with Gasteiger partial charge < -0.3 is 14.6 Å². The summed E-state index contributed by atoms with van der Waals surface area (Å²) in [6.45, 7) is 3.06. The van der Waals surface area contributed by atoms with Crippen molar-refractivity contribution in [3.63, 3.8) is 0 Å². The topological polar surface area (TPSA) is 55.8 Å². The zero-order valence-electron chi connectivity index (χ0n) is 9.53. The molecule has 0 aromatic heterocycles. The molecule has 0 aliphatic rings. The van der Waals surface area contributed by atoms with Gasteiger partial charge in [-0.1, -0.05) is 0 Å². The first kappa shape index (κ1) is 12.5. The smallest absolute Gasteiger partial charge is 0.335 e. The molecule has 16 heavy (non-hydrogen) atoms. The van der Waals surface area contributed by atoms with Crippen molar-refractivity contribution in [2.75, 3.05) is 20.3 Å². The molecule has 0 atom stereocenters. The predicted octanol–water partition coefficient (Wildman–Crippen LogP) is 2.11. The fourth-order valence-electron chi connectivity index (χ4n) is 1.33. The summed E-state index contributed by atoms with van der Waals surface area (Å²) in [4.78, 5) is 10.7. The summed E-state index contributed by atoms with van der Waals surface area (Å²) in [6.07, 6.45) is 0.816. The monoisotopic (exact) mass is 224 g/mol. The van der Waals surface area contributed by atoms with Crippen LogP contribution in [0.25, 0.3) is 0 Å². The number of carboxylic acids is 1. The predicted molar refractivity (Wildman–Crippen MR) is 60.1 cm³/mol. The van der Waals surface area contributed by atoms with Crippen LogP contribution in [0.2, 0.25) is 0 Å². The Bertz CT molecular complexity index is 360. The maximum absolute atomic E-state index is 10.7. The van der Waals surface area contributed by atoms with Crippen LogP contribution in [-0.4, -0.2) is 31.4 Å². The second-order valence-electron chi connectivity index (χ2n) is 3.48. The van der Waals surface area contributed by atoms with Crippen LogP contribution in [0, 0.1) is 6.92 Å². The minimum Gasteiger partial charge on any atom is -0.493 e. The van der Waals surface area contributed by atoms with Gasteiger partial charge in [-0.2, -0.15) is 0 Å². The van der Waals surface area contributed by atoms with E-state index in [0.29, 0.717) is 13.2 Å². The Kier molecular flexibility index (Phi) is 4.79. The van der Waals surface area contributed by atoms with E-state index in [1.54, 1.807) is 25.3 Å². The molecule has 0 amide bonds. The second kappa shape index (κ2) is 6.12. The highest BCUT2D eigenvalue weighted by Gasteiger charge is 2.06. The highest BCUT2D eigenvalue weighted by Crippen LogP contribution is 2.19. The van der Waals surface area contributed by atoms with Crippen LogP contribution in [-0.2, 0) is 4.74 Å². The minimum atomic E-state index is -0.922. The third-order valence-corrected chi connectivity index (χ3v) is 2.17.